The number of esters is 1. The summed E-state index contributed by atoms with van der Waals surface area (Å²) in [6.45, 7) is 0. The average molecular weight is 233 g/mol. The molecule has 0 amide bonds. The Kier molecular flexibility index (Phi) is 2.69. The van der Waals surface area contributed by atoms with Gasteiger partial charge in [0.25, 0.3) is 0 Å². The van der Waals surface area contributed by atoms with E-state index in [0.29, 0.717) is 12.1 Å². The second kappa shape index (κ2) is 4.21. The van der Waals surface area contributed by atoms with E-state index < -0.39 is 0 Å². The number of carbonyl (C=O) groups excluding carboxylic acids is 1. The zero-order valence-electron chi connectivity index (χ0n) is 10.3. The Morgan fingerprint density at radius 1 is 1.35 bits per heavy atom. The topological polar surface area (TPSA) is 29.5 Å². The molecule has 0 aromatic rings. The second-order valence-corrected chi connectivity index (χ2v) is 5.16. The van der Waals surface area contributed by atoms with Gasteiger partial charge in [-0.15, -0.1) is 0 Å². The minimum Gasteiger partial charge on any atom is -0.465 e. The Bertz CT molecular complexity index is 395. The van der Waals surface area contributed by atoms with Crippen LogP contribution in [0.1, 0.15) is 38.5 Å². The maximum atomic E-state index is 11.8. The number of rotatable bonds is 1. The van der Waals surface area contributed by atoms with E-state index in [0.717, 1.165) is 12.0 Å². The lowest BCUT2D eigenvalue weighted by Gasteiger charge is -2.49. The summed E-state index contributed by atoms with van der Waals surface area (Å²) >= 11 is 0. The molecule has 0 N–H and O–H groups in total. The number of hydrogen-bond donors (Lipinski definition) is 0. The number of carbonyl (C=O) groups is 1. The molecule has 0 aliphatic carbocycles. The SMILES string of the molecule is COC(=O)C1=C2CCC[C@@H]3CCC[C@@H](C=C1)N23. The van der Waals surface area contributed by atoms with Crippen LogP contribution in [0.4, 0.5) is 0 Å². The van der Waals surface area contributed by atoms with E-state index in [2.05, 4.69) is 11.0 Å². The Morgan fingerprint density at radius 2 is 2.18 bits per heavy atom. The van der Waals surface area contributed by atoms with Gasteiger partial charge in [0, 0.05) is 17.8 Å². The van der Waals surface area contributed by atoms with Crippen LogP contribution >= 0.6 is 0 Å². The fraction of sp³-hybridized carbons (Fsp3) is 0.643. The smallest absolute Gasteiger partial charge is 0.339 e. The zero-order chi connectivity index (χ0) is 11.8. The predicted molar refractivity (Wildman–Crippen MR) is 65.3 cm³/mol. The molecule has 0 bridgehead atoms. The number of nitrogens with zero attached hydrogens (tertiary/aromatic N) is 1. The van der Waals surface area contributed by atoms with E-state index in [-0.39, 0.29) is 5.97 Å². The van der Waals surface area contributed by atoms with E-state index in [1.807, 2.05) is 6.08 Å². The summed E-state index contributed by atoms with van der Waals surface area (Å²) in [6, 6.07) is 1.18. The van der Waals surface area contributed by atoms with Gasteiger partial charge >= 0.3 is 5.97 Å². The van der Waals surface area contributed by atoms with Gasteiger partial charge in [0.15, 0.2) is 0 Å². The molecule has 3 aliphatic rings. The number of allylic oxidation sites excluding steroid dienone is 1. The highest BCUT2D eigenvalue weighted by molar-refractivity contribution is 5.92. The first-order valence-corrected chi connectivity index (χ1v) is 6.59. The second-order valence-electron chi connectivity index (χ2n) is 5.16. The first-order chi connectivity index (χ1) is 8.31. The highest BCUT2D eigenvalue weighted by Crippen LogP contribution is 2.40. The molecule has 0 aromatic heterocycles. The first kappa shape index (κ1) is 10.9. The monoisotopic (exact) mass is 233 g/mol. The molecule has 0 radical (unpaired) electrons. The summed E-state index contributed by atoms with van der Waals surface area (Å²) in [6.07, 6.45) is 11.5. The van der Waals surface area contributed by atoms with Crippen LogP contribution in [0.15, 0.2) is 23.4 Å². The Balaban J connectivity index is 1.99. The van der Waals surface area contributed by atoms with Gasteiger partial charge in [0.05, 0.1) is 12.7 Å². The van der Waals surface area contributed by atoms with Crippen LogP contribution in [-0.2, 0) is 9.53 Å². The first-order valence-electron chi connectivity index (χ1n) is 6.59. The summed E-state index contributed by atoms with van der Waals surface area (Å²) in [5, 5.41) is 0. The number of piperidine rings is 2. The molecule has 92 valence electrons. The Morgan fingerprint density at radius 3 is 3.00 bits per heavy atom. The molecule has 17 heavy (non-hydrogen) atoms. The molecular weight excluding hydrogens is 214 g/mol. The van der Waals surface area contributed by atoms with Gasteiger partial charge in [-0.2, -0.15) is 0 Å². The van der Waals surface area contributed by atoms with Gasteiger partial charge < -0.3 is 9.64 Å². The van der Waals surface area contributed by atoms with Crippen molar-refractivity contribution in [3.63, 3.8) is 0 Å². The molecule has 2 atom stereocenters. The molecule has 3 rings (SSSR count). The summed E-state index contributed by atoms with van der Waals surface area (Å²) in [7, 11) is 1.46. The van der Waals surface area contributed by atoms with Gasteiger partial charge in [-0.05, 0) is 44.6 Å². The zero-order valence-corrected chi connectivity index (χ0v) is 10.3. The van der Waals surface area contributed by atoms with Crippen LogP contribution in [0.5, 0.6) is 0 Å². The summed E-state index contributed by atoms with van der Waals surface area (Å²) in [4.78, 5) is 14.3. The van der Waals surface area contributed by atoms with E-state index >= 15 is 0 Å². The summed E-state index contributed by atoms with van der Waals surface area (Å²) < 4.78 is 4.89. The molecule has 0 saturated carbocycles. The molecule has 3 heterocycles. The molecule has 3 heteroatoms. The number of hydrogen-bond acceptors (Lipinski definition) is 3. The molecule has 3 nitrogen and oxygen atoms in total. The van der Waals surface area contributed by atoms with Crippen LogP contribution < -0.4 is 0 Å². The normalized spacial score (nSPS) is 31.2. The fourth-order valence-corrected chi connectivity index (χ4v) is 3.51. The molecule has 2 fully saturated rings. The van der Waals surface area contributed by atoms with Crippen molar-refractivity contribution < 1.29 is 9.53 Å². The fourth-order valence-electron chi connectivity index (χ4n) is 3.51. The van der Waals surface area contributed by atoms with E-state index in [9.17, 15) is 4.79 Å². The third-order valence-electron chi connectivity index (χ3n) is 4.25. The van der Waals surface area contributed by atoms with Crippen molar-refractivity contribution in [1.82, 2.24) is 4.90 Å². The highest BCUT2D eigenvalue weighted by atomic mass is 16.5. The maximum absolute atomic E-state index is 11.8. The Hall–Kier alpha value is -1.25. The van der Waals surface area contributed by atoms with E-state index in [1.165, 1.54) is 44.9 Å². The third kappa shape index (κ3) is 1.68. The van der Waals surface area contributed by atoms with Crippen molar-refractivity contribution >= 4 is 5.97 Å². The van der Waals surface area contributed by atoms with Crippen molar-refractivity contribution in [2.75, 3.05) is 7.11 Å². The van der Waals surface area contributed by atoms with Gasteiger partial charge in [-0.25, -0.2) is 4.79 Å². The molecule has 0 unspecified atom stereocenters. The molecule has 3 aliphatic heterocycles. The number of methoxy groups -OCH3 is 1. The van der Waals surface area contributed by atoms with Crippen molar-refractivity contribution in [3.8, 4) is 0 Å². The summed E-state index contributed by atoms with van der Waals surface area (Å²) in [5.41, 5.74) is 2.02. The van der Waals surface area contributed by atoms with Crippen molar-refractivity contribution in [2.24, 2.45) is 0 Å². The molecule has 0 spiro atoms. The lowest BCUT2D eigenvalue weighted by molar-refractivity contribution is -0.136. The van der Waals surface area contributed by atoms with E-state index in [1.54, 1.807) is 0 Å². The Labute approximate surface area is 102 Å². The van der Waals surface area contributed by atoms with Crippen molar-refractivity contribution in [3.05, 3.63) is 23.4 Å². The van der Waals surface area contributed by atoms with Crippen LogP contribution in [0, 0.1) is 0 Å². The standard InChI is InChI=1S/C14H19NO2/c1-17-14(16)12-9-8-11-5-2-4-10-6-3-7-13(12)15(10)11/h8-11H,2-7H2,1H3/t10-,11-/m0/s1. The predicted octanol–water partition coefficient (Wildman–Crippen LogP) is 2.39. The van der Waals surface area contributed by atoms with Gasteiger partial charge in [-0.3, -0.25) is 0 Å². The largest absolute Gasteiger partial charge is 0.465 e. The minimum atomic E-state index is -0.180. The van der Waals surface area contributed by atoms with Crippen molar-refractivity contribution in [1.29, 1.82) is 0 Å². The van der Waals surface area contributed by atoms with Gasteiger partial charge in [-0.1, -0.05) is 6.08 Å². The van der Waals surface area contributed by atoms with Crippen LogP contribution in [-0.4, -0.2) is 30.1 Å². The van der Waals surface area contributed by atoms with E-state index in [4.69, 9.17) is 4.74 Å². The van der Waals surface area contributed by atoms with Gasteiger partial charge in [0.1, 0.15) is 0 Å². The lowest BCUT2D eigenvalue weighted by atomic mass is 9.83. The quantitative estimate of drug-likeness (QED) is 0.651. The van der Waals surface area contributed by atoms with Crippen LogP contribution in [0.2, 0.25) is 0 Å². The number of ether oxygens (including phenoxy) is 1. The lowest BCUT2D eigenvalue weighted by Crippen LogP contribution is -2.49. The van der Waals surface area contributed by atoms with Gasteiger partial charge in [0.2, 0.25) is 0 Å². The third-order valence-corrected chi connectivity index (χ3v) is 4.25. The summed E-state index contributed by atoms with van der Waals surface area (Å²) in [5.74, 6) is -0.180. The van der Waals surface area contributed by atoms with Crippen molar-refractivity contribution in [2.45, 2.75) is 50.6 Å². The molecular formula is C14H19NO2. The minimum absolute atomic E-state index is 0.180. The highest BCUT2D eigenvalue weighted by Gasteiger charge is 2.37. The molecule has 0 aromatic carbocycles. The molecule has 2 saturated heterocycles. The van der Waals surface area contributed by atoms with Crippen LogP contribution in [0.25, 0.3) is 0 Å². The average Bonchev–Trinajstić information content (AvgIpc) is 2.39. The van der Waals surface area contributed by atoms with Crippen LogP contribution in [0.3, 0.4) is 0 Å². The maximum Gasteiger partial charge on any atom is 0.339 e.